The van der Waals surface area contributed by atoms with Gasteiger partial charge in [0.05, 0.1) is 5.92 Å². The van der Waals surface area contributed by atoms with Gasteiger partial charge in [-0.1, -0.05) is 19.0 Å². The summed E-state index contributed by atoms with van der Waals surface area (Å²) >= 11 is 0. The molecular formula is C12H19N3O4. The van der Waals surface area contributed by atoms with E-state index >= 15 is 0 Å². The van der Waals surface area contributed by atoms with Crippen LogP contribution in [0.25, 0.3) is 0 Å². The van der Waals surface area contributed by atoms with Crippen LogP contribution in [-0.2, 0) is 22.4 Å². The van der Waals surface area contributed by atoms with E-state index in [0.717, 1.165) is 12.8 Å². The minimum absolute atomic E-state index is 0.124. The lowest BCUT2D eigenvalue weighted by atomic mass is 10.2. The van der Waals surface area contributed by atoms with Crippen molar-refractivity contribution in [2.45, 2.75) is 39.5 Å². The second-order valence-corrected chi connectivity index (χ2v) is 4.40. The first-order chi connectivity index (χ1) is 9.02. The van der Waals surface area contributed by atoms with Crippen LogP contribution in [0.1, 0.15) is 38.4 Å². The molecule has 0 aliphatic rings. The van der Waals surface area contributed by atoms with Crippen LogP contribution in [0.2, 0.25) is 0 Å². The van der Waals surface area contributed by atoms with Gasteiger partial charge in [-0.05, 0) is 6.42 Å². The van der Waals surface area contributed by atoms with Crippen molar-refractivity contribution < 1.29 is 19.2 Å². The fraction of sp³-hybridized carbons (Fsp3) is 0.667. The van der Waals surface area contributed by atoms with Crippen molar-refractivity contribution in [2.24, 2.45) is 5.92 Å². The molecular weight excluding hydrogens is 250 g/mol. The van der Waals surface area contributed by atoms with Gasteiger partial charge in [-0.3, -0.25) is 9.59 Å². The molecule has 1 aromatic heterocycles. The maximum absolute atomic E-state index is 11.5. The van der Waals surface area contributed by atoms with Crippen LogP contribution in [0.15, 0.2) is 4.52 Å². The van der Waals surface area contributed by atoms with Crippen LogP contribution in [0.4, 0.5) is 0 Å². The standard InChI is InChI=1S/C12H19N3O4/c1-3-4-9-14-11(19-15-9)6-5-10(16)13-7-8(2)12(17)18/h8H,3-7H2,1-2H3,(H,13,16)(H,17,18). The van der Waals surface area contributed by atoms with E-state index in [2.05, 4.69) is 15.5 Å². The van der Waals surface area contributed by atoms with E-state index < -0.39 is 11.9 Å². The van der Waals surface area contributed by atoms with Gasteiger partial charge in [0.1, 0.15) is 0 Å². The molecule has 1 unspecified atom stereocenters. The van der Waals surface area contributed by atoms with Crippen LogP contribution in [-0.4, -0.2) is 33.7 Å². The summed E-state index contributed by atoms with van der Waals surface area (Å²) in [6.07, 6.45) is 2.27. The normalized spacial score (nSPS) is 12.1. The summed E-state index contributed by atoms with van der Waals surface area (Å²) in [4.78, 5) is 26.2. The van der Waals surface area contributed by atoms with Gasteiger partial charge in [0.15, 0.2) is 5.82 Å². The predicted molar refractivity (Wildman–Crippen MR) is 66.4 cm³/mol. The Balaban J connectivity index is 2.27. The highest BCUT2D eigenvalue weighted by Gasteiger charge is 2.13. The summed E-state index contributed by atoms with van der Waals surface area (Å²) in [7, 11) is 0. The SMILES string of the molecule is CCCc1noc(CCC(=O)NCC(C)C(=O)O)n1. The molecule has 2 N–H and O–H groups in total. The molecule has 7 nitrogen and oxygen atoms in total. The van der Waals surface area contributed by atoms with Crippen molar-refractivity contribution in [3.05, 3.63) is 11.7 Å². The number of nitrogens with one attached hydrogen (secondary N) is 1. The number of rotatable bonds is 8. The van der Waals surface area contributed by atoms with Gasteiger partial charge in [0.2, 0.25) is 11.8 Å². The largest absolute Gasteiger partial charge is 0.481 e. The Kier molecular flexibility index (Phi) is 5.98. The van der Waals surface area contributed by atoms with Crippen LogP contribution < -0.4 is 5.32 Å². The van der Waals surface area contributed by atoms with Gasteiger partial charge in [-0.25, -0.2) is 0 Å². The number of hydrogen-bond acceptors (Lipinski definition) is 5. The molecule has 0 bridgehead atoms. The fourth-order valence-electron chi connectivity index (χ4n) is 1.38. The zero-order valence-corrected chi connectivity index (χ0v) is 11.2. The molecule has 1 aromatic rings. The summed E-state index contributed by atoms with van der Waals surface area (Å²) < 4.78 is 5.00. The average Bonchev–Trinajstić information content (AvgIpc) is 2.81. The first kappa shape index (κ1) is 15.1. The lowest BCUT2D eigenvalue weighted by Gasteiger charge is -2.07. The Morgan fingerprint density at radius 2 is 2.16 bits per heavy atom. The number of carboxylic acid groups (broad SMARTS) is 1. The topological polar surface area (TPSA) is 105 Å². The van der Waals surface area contributed by atoms with E-state index in [0.29, 0.717) is 18.1 Å². The van der Waals surface area contributed by atoms with Gasteiger partial charge in [0, 0.05) is 25.8 Å². The molecule has 19 heavy (non-hydrogen) atoms. The summed E-state index contributed by atoms with van der Waals surface area (Å²) in [5.41, 5.74) is 0. The van der Waals surface area contributed by atoms with Crippen LogP contribution in [0.3, 0.4) is 0 Å². The van der Waals surface area contributed by atoms with Crippen molar-refractivity contribution in [1.82, 2.24) is 15.5 Å². The number of hydrogen-bond donors (Lipinski definition) is 2. The molecule has 0 spiro atoms. The van der Waals surface area contributed by atoms with Crippen molar-refractivity contribution in [1.29, 1.82) is 0 Å². The molecule has 0 saturated heterocycles. The van der Waals surface area contributed by atoms with Crippen molar-refractivity contribution in [3.63, 3.8) is 0 Å². The van der Waals surface area contributed by atoms with Crippen molar-refractivity contribution in [3.8, 4) is 0 Å². The summed E-state index contributed by atoms with van der Waals surface area (Å²) in [6, 6.07) is 0. The number of amides is 1. The number of carbonyl (C=O) groups is 2. The van der Waals surface area contributed by atoms with E-state index in [4.69, 9.17) is 9.63 Å². The Morgan fingerprint density at radius 3 is 2.79 bits per heavy atom. The highest BCUT2D eigenvalue weighted by molar-refractivity contribution is 5.77. The minimum atomic E-state index is -0.929. The Labute approximate surface area is 111 Å². The maximum atomic E-state index is 11.5. The van der Waals surface area contributed by atoms with Gasteiger partial charge in [-0.2, -0.15) is 4.98 Å². The van der Waals surface area contributed by atoms with E-state index in [-0.39, 0.29) is 18.9 Å². The van der Waals surface area contributed by atoms with Crippen LogP contribution in [0.5, 0.6) is 0 Å². The molecule has 1 heterocycles. The predicted octanol–water partition coefficient (Wildman–Crippen LogP) is 0.792. The van der Waals surface area contributed by atoms with E-state index in [1.54, 1.807) is 0 Å². The van der Waals surface area contributed by atoms with Crippen LogP contribution in [0, 0.1) is 5.92 Å². The second-order valence-electron chi connectivity index (χ2n) is 4.40. The molecule has 106 valence electrons. The summed E-state index contributed by atoms with van der Waals surface area (Å²) in [5.74, 6) is -0.657. The summed E-state index contributed by atoms with van der Waals surface area (Å²) in [5, 5.41) is 15.0. The molecule has 1 atom stereocenters. The molecule has 0 radical (unpaired) electrons. The zero-order valence-electron chi connectivity index (χ0n) is 11.2. The van der Waals surface area contributed by atoms with E-state index in [9.17, 15) is 9.59 Å². The molecule has 7 heteroatoms. The third kappa shape index (κ3) is 5.50. The van der Waals surface area contributed by atoms with Crippen LogP contribution >= 0.6 is 0 Å². The van der Waals surface area contributed by atoms with Gasteiger partial charge >= 0.3 is 5.97 Å². The highest BCUT2D eigenvalue weighted by atomic mass is 16.5. The average molecular weight is 269 g/mol. The number of aliphatic carboxylic acids is 1. The minimum Gasteiger partial charge on any atom is -0.481 e. The maximum Gasteiger partial charge on any atom is 0.308 e. The molecule has 0 aliphatic carbocycles. The Bertz CT molecular complexity index is 430. The first-order valence-corrected chi connectivity index (χ1v) is 6.33. The molecule has 0 aliphatic heterocycles. The third-order valence-electron chi connectivity index (χ3n) is 2.58. The van der Waals surface area contributed by atoms with Crippen molar-refractivity contribution >= 4 is 11.9 Å². The monoisotopic (exact) mass is 269 g/mol. The molecule has 0 aromatic carbocycles. The van der Waals surface area contributed by atoms with Gasteiger partial charge in [-0.15, -0.1) is 0 Å². The number of carbonyl (C=O) groups excluding carboxylic acids is 1. The molecule has 1 rings (SSSR count). The highest BCUT2D eigenvalue weighted by Crippen LogP contribution is 2.03. The molecule has 0 saturated carbocycles. The Morgan fingerprint density at radius 1 is 1.42 bits per heavy atom. The zero-order chi connectivity index (χ0) is 14.3. The van der Waals surface area contributed by atoms with Gasteiger partial charge in [0.25, 0.3) is 0 Å². The quantitative estimate of drug-likeness (QED) is 0.723. The fourth-order valence-corrected chi connectivity index (χ4v) is 1.38. The van der Waals surface area contributed by atoms with E-state index in [1.165, 1.54) is 6.92 Å². The van der Waals surface area contributed by atoms with Gasteiger partial charge < -0.3 is 14.9 Å². The second kappa shape index (κ2) is 7.50. The molecule has 0 fully saturated rings. The molecule has 1 amide bonds. The lowest BCUT2D eigenvalue weighted by molar-refractivity contribution is -0.141. The summed E-state index contributed by atoms with van der Waals surface area (Å²) in [6.45, 7) is 3.68. The van der Waals surface area contributed by atoms with Crippen molar-refractivity contribution in [2.75, 3.05) is 6.54 Å². The number of nitrogens with zero attached hydrogens (tertiary/aromatic N) is 2. The number of aryl methyl sites for hydroxylation is 2. The lowest BCUT2D eigenvalue weighted by Crippen LogP contribution is -2.31. The first-order valence-electron chi connectivity index (χ1n) is 6.33. The smallest absolute Gasteiger partial charge is 0.308 e. The third-order valence-corrected chi connectivity index (χ3v) is 2.58. The van der Waals surface area contributed by atoms with E-state index in [1.807, 2.05) is 6.92 Å². The Hall–Kier alpha value is -1.92. The number of carboxylic acids is 1. The number of aromatic nitrogens is 2.